The zero-order valence-corrected chi connectivity index (χ0v) is 18.4. The summed E-state index contributed by atoms with van der Waals surface area (Å²) in [5.74, 6) is -1.15. The number of carbonyl (C=O) groups excluding carboxylic acids is 1. The molecule has 2 rings (SSSR count). The highest BCUT2D eigenvalue weighted by Crippen LogP contribution is 2.34. The number of nitrogens with one attached hydrogen (secondary N) is 1. The van der Waals surface area contributed by atoms with Gasteiger partial charge in [0.15, 0.2) is 18.1 Å². The van der Waals surface area contributed by atoms with Crippen molar-refractivity contribution in [2.24, 2.45) is 0 Å². The Morgan fingerprint density at radius 3 is 2.72 bits per heavy atom. The lowest BCUT2D eigenvalue weighted by atomic mass is 10.1. The SMILES string of the molecule is COc1cc(/C=C(/C#N)C(=O)Nc2cccc(Cl)c2C)cc(I)c1OCC(=O)O. The first-order chi connectivity index (χ1) is 13.8. The number of nitriles is 1. The molecule has 7 nitrogen and oxygen atoms in total. The number of methoxy groups -OCH3 is 1. The molecule has 29 heavy (non-hydrogen) atoms. The summed E-state index contributed by atoms with van der Waals surface area (Å²) in [5, 5.41) is 21.4. The molecule has 0 heterocycles. The first-order valence-electron chi connectivity index (χ1n) is 8.17. The molecule has 0 spiro atoms. The van der Waals surface area contributed by atoms with E-state index in [0.717, 1.165) is 0 Å². The summed E-state index contributed by atoms with van der Waals surface area (Å²) >= 11 is 8.02. The summed E-state index contributed by atoms with van der Waals surface area (Å²) in [7, 11) is 1.41. The molecule has 0 aliphatic carbocycles. The molecule has 0 aliphatic rings. The quantitative estimate of drug-likeness (QED) is 0.317. The van der Waals surface area contributed by atoms with Gasteiger partial charge >= 0.3 is 5.97 Å². The number of carboxylic acid groups (broad SMARTS) is 1. The van der Waals surface area contributed by atoms with Crippen LogP contribution < -0.4 is 14.8 Å². The second kappa shape index (κ2) is 10.1. The molecule has 0 aliphatic heterocycles. The van der Waals surface area contributed by atoms with Crippen LogP contribution in [0.5, 0.6) is 11.5 Å². The minimum atomic E-state index is -1.12. The van der Waals surface area contributed by atoms with E-state index in [9.17, 15) is 14.9 Å². The maximum Gasteiger partial charge on any atom is 0.341 e. The number of aliphatic carboxylic acids is 1. The lowest BCUT2D eigenvalue weighted by Gasteiger charge is -2.12. The Bertz CT molecular complexity index is 1030. The smallest absolute Gasteiger partial charge is 0.341 e. The van der Waals surface area contributed by atoms with Crippen molar-refractivity contribution >= 4 is 57.8 Å². The molecule has 9 heteroatoms. The Balaban J connectivity index is 2.33. The topological polar surface area (TPSA) is 109 Å². The van der Waals surface area contributed by atoms with Gasteiger partial charge in [-0.1, -0.05) is 17.7 Å². The Labute approximate surface area is 186 Å². The molecule has 0 saturated heterocycles. The largest absolute Gasteiger partial charge is 0.493 e. The fourth-order valence-corrected chi connectivity index (χ4v) is 3.30. The van der Waals surface area contributed by atoms with E-state index in [1.807, 2.05) is 28.7 Å². The average molecular weight is 527 g/mol. The average Bonchev–Trinajstić information content (AvgIpc) is 2.68. The van der Waals surface area contributed by atoms with E-state index in [0.29, 0.717) is 25.4 Å². The first-order valence-corrected chi connectivity index (χ1v) is 9.62. The first kappa shape index (κ1) is 22.5. The van der Waals surface area contributed by atoms with Crippen LogP contribution in [0.1, 0.15) is 11.1 Å². The number of benzene rings is 2. The molecule has 150 valence electrons. The lowest BCUT2D eigenvalue weighted by molar-refractivity contribution is -0.139. The van der Waals surface area contributed by atoms with Gasteiger partial charge in [0.05, 0.1) is 10.7 Å². The highest BCUT2D eigenvalue weighted by molar-refractivity contribution is 14.1. The number of anilines is 1. The Morgan fingerprint density at radius 2 is 2.10 bits per heavy atom. The van der Waals surface area contributed by atoms with Crippen LogP contribution in [0.4, 0.5) is 5.69 Å². The molecular weight excluding hydrogens is 511 g/mol. The maximum atomic E-state index is 12.5. The number of carbonyl (C=O) groups is 2. The zero-order valence-electron chi connectivity index (χ0n) is 15.5. The minimum Gasteiger partial charge on any atom is -0.493 e. The predicted octanol–water partition coefficient (Wildman–Crippen LogP) is 4.27. The van der Waals surface area contributed by atoms with Gasteiger partial charge in [-0.05, 0) is 71.0 Å². The third kappa shape index (κ3) is 5.85. The number of carboxylic acids is 1. The van der Waals surface area contributed by atoms with Gasteiger partial charge in [-0.2, -0.15) is 5.26 Å². The molecule has 0 radical (unpaired) electrons. The summed E-state index contributed by atoms with van der Waals surface area (Å²) in [6.45, 7) is 1.24. The van der Waals surface area contributed by atoms with Crippen molar-refractivity contribution in [3.63, 3.8) is 0 Å². The van der Waals surface area contributed by atoms with Crippen molar-refractivity contribution in [1.82, 2.24) is 0 Å². The third-order valence-electron chi connectivity index (χ3n) is 3.78. The van der Waals surface area contributed by atoms with Crippen molar-refractivity contribution in [2.45, 2.75) is 6.92 Å². The number of rotatable bonds is 7. The van der Waals surface area contributed by atoms with E-state index in [-0.39, 0.29) is 17.1 Å². The van der Waals surface area contributed by atoms with Crippen LogP contribution in [0.25, 0.3) is 6.08 Å². The van der Waals surface area contributed by atoms with Gasteiger partial charge in [0.25, 0.3) is 5.91 Å². The van der Waals surface area contributed by atoms with Crippen LogP contribution in [0.15, 0.2) is 35.9 Å². The molecule has 2 aromatic rings. The van der Waals surface area contributed by atoms with E-state index in [1.54, 1.807) is 37.3 Å². The monoisotopic (exact) mass is 526 g/mol. The molecule has 0 unspecified atom stereocenters. The van der Waals surface area contributed by atoms with Crippen LogP contribution in [0.2, 0.25) is 5.02 Å². The number of hydrogen-bond acceptors (Lipinski definition) is 5. The van der Waals surface area contributed by atoms with Crippen LogP contribution in [0, 0.1) is 21.8 Å². The Morgan fingerprint density at radius 1 is 1.38 bits per heavy atom. The molecule has 2 N–H and O–H groups in total. The van der Waals surface area contributed by atoms with E-state index in [4.69, 9.17) is 26.2 Å². The summed E-state index contributed by atoms with van der Waals surface area (Å²) < 4.78 is 11.1. The van der Waals surface area contributed by atoms with E-state index >= 15 is 0 Å². The van der Waals surface area contributed by atoms with Gasteiger partial charge in [-0.3, -0.25) is 4.79 Å². The second-order valence-corrected chi connectivity index (χ2v) is 7.32. The van der Waals surface area contributed by atoms with Gasteiger partial charge in [-0.25, -0.2) is 4.79 Å². The zero-order chi connectivity index (χ0) is 21.6. The fraction of sp³-hybridized carbons (Fsp3) is 0.150. The number of halogens is 2. The van der Waals surface area contributed by atoms with Gasteiger partial charge < -0.3 is 19.9 Å². The van der Waals surface area contributed by atoms with E-state index < -0.39 is 18.5 Å². The Kier molecular flexibility index (Phi) is 7.87. The molecule has 0 bridgehead atoms. The van der Waals surface area contributed by atoms with Gasteiger partial charge in [-0.15, -0.1) is 0 Å². The van der Waals surface area contributed by atoms with Crippen molar-refractivity contribution in [1.29, 1.82) is 5.26 Å². The highest BCUT2D eigenvalue weighted by atomic mass is 127. The summed E-state index contributed by atoms with van der Waals surface area (Å²) in [4.78, 5) is 23.3. The third-order valence-corrected chi connectivity index (χ3v) is 4.99. The maximum absolute atomic E-state index is 12.5. The van der Waals surface area contributed by atoms with Crippen LogP contribution in [-0.4, -0.2) is 30.7 Å². The summed E-state index contributed by atoms with van der Waals surface area (Å²) in [5.41, 5.74) is 1.59. The standard InChI is InChI=1S/C20H16ClIN2O5/c1-11-14(21)4-3-5-16(11)24-20(27)13(9-23)6-12-7-15(22)19(17(8-12)28-2)29-10-18(25)26/h3-8H,10H2,1-2H3,(H,24,27)(H,25,26)/b13-6-. The van der Waals surface area contributed by atoms with Gasteiger partial charge in [0.2, 0.25) is 0 Å². The molecule has 0 aromatic heterocycles. The van der Waals surface area contributed by atoms with Gasteiger partial charge in [0, 0.05) is 10.7 Å². The van der Waals surface area contributed by atoms with Crippen molar-refractivity contribution in [2.75, 3.05) is 19.0 Å². The van der Waals surface area contributed by atoms with Crippen LogP contribution >= 0.6 is 34.2 Å². The minimum absolute atomic E-state index is 0.124. The normalized spacial score (nSPS) is 10.8. The number of hydrogen-bond donors (Lipinski definition) is 2. The fourth-order valence-electron chi connectivity index (χ4n) is 2.34. The van der Waals surface area contributed by atoms with Crippen molar-refractivity contribution in [3.05, 3.63) is 55.6 Å². The second-order valence-electron chi connectivity index (χ2n) is 5.75. The molecule has 2 aromatic carbocycles. The van der Waals surface area contributed by atoms with Crippen molar-refractivity contribution < 1.29 is 24.2 Å². The molecular formula is C20H16ClIN2O5. The summed E-state index contributed by atoms with van der Waals surface area (Å²) in [6, 6.07) is 10.2. The number of nitrogens with zero attached hydrogens (tertiary/aromatic N) is 1. The molecule has 0 atom stereocenters. The molecule has 0 fully saturated rings. The van der Waals surface area contributed by atoms with Gasteiger partial charge in [0.1, 0.15) is 11.6 Å². The highest BCUT2D eigenvalue weighted by Gasteiger charge is 2.15. The van der Waals surface area contributed by atoms with Crippen molar-refractivity contribution in [3.8, 4) is 17.6 Å². The van der Waals surface area contributed by atoms with Crippen LogP contribution in [0.3, 0.4) is 0 Å². The number of ether oxygens (including phenoxy) is 2. The van der Waals surface area contributed by atoms with Crippen LogP contribution in [-0.2, 0) is 9.59 Å². The molecule has 1 amide bonds. The molecule has 0 saturated carbocycles. The van der Waals surface area contributed by atoms with E-state index in [1.165, 1.54) is 13.2 Å². The Hall–Kier alpha value is -2.77. The number of amides is 1. The lowest BCUT2D eigenvalue weighted by Crippen LogP contribution is -2.14. The predicted molar refractivity (Wildman–Crippen MR) is 117 cm³/mol. The van der Waals surface area contributed by atoms with E-state index in [2.05, 4.69) is 5.32 Å². The summed E-state index contributed by atoms with van der Waals surface area (Å²) in [6.07, 6.45) is 1.40.